The molecule has 0 aliphatic rings. The Kier molecular flexibility index (Phi) is 6.90. The van der Waals surface area contributed by atoms with E-state index in [1.807, 2.05) is 0 Å². The molecular formula is C6H10Cl2N7O2-. The van der Waals surface area contributed by atoms with Gasteiger partial charge in [-0.2, -0.15) is 4.99 Å². The summed E-state index contributed by atoms with van der Waals surface area (Å²) >= 11 is 5.55. The maximum atomic E-state index is 11.3. The second-order valence-electron chi connectivity index (χ2n) is 2.48. The van der Waals surface area contributed by atoms with Crippen LogP contribution in [0.25, 0.3) is 0 Å². The molecule has 1 heterocycles. The molecular weight excluding hydrogens is 273 g/mol. The first-order valence-corrected chi connectivity index (χ1v) is 4.02. The predicted molar refractivity (Wildman–Crippen MR) is 59.6 cm³/mol. The second kappa shape index (κ2) is 6.68. The van der Waals surface area contributed by atoms with E-state index in [1.54, 1.807) is 0 Å². The van der Waals surface area contributed by atoms with Crippen molar-refractivity contribution in [2.75, 3.05) is 11.5 Å². The molecule has 11 heteroatoms. The number of aromatic nitrogens is 2. The molecule has 0 spiro atoms. The number of rotatable bonds is 1. The SMILES string of the molecule is NC(N)=NC(=O)c1nc(Cl)c(N)nc1N.O.[Cl-]. The third kappa shape index (κ3) is 4.26. The summed E-state index contributed by atoms with van der Waals surface area (Å²) in [4.78, 5) is 21.7. The van der Waals surface area contributed by atoms with Crippen molar-refractivity contribution in [3.63, 3.8) is 0 Å². The summed E-state index contributed by atoms with van der Waals surface area (Å²) in [7, 11) is 0. The quantitative estimate of drug-likeness (QED) is 0.292. The highest BCUT2D eigenvalue weighted by Crippen LogP contribution is 2.17. The monoisotopic (exact) mass is 282 g/mol. The molecule has 0 bridgehead atoms. The smallest absolute Gasteiger partial charge is 0.302 e. The number of aliphatic imine (C=N–C) groups is 1. The molecule has 0 atom stereocenters. The van der Waals surface area contributed by atoms with Gasteiger partial charge in [0, 0.05) is 0 Å². The van der Waals surface area contributed by atoms with E-state index in [0.717, 1.165) is 0 Å². The average Bonchev–Trinajstić information content (AvgIpc) is 2.09. The number of nitrogen functional groups attached to an aromatic ring is 2. The lowest BCUT2D eigenvalue weighted by molar-refractivity contribution is -0.0000129. The molecule has 1 amide bonds. The maximum Gasteiger partial charge on any atom is 0.302 e. The summed E-state index contributed by atoms with van der Waals surface area (Å²) in [5.74, 6) is -1.50. The van der Waals surface area contributed by atoms with Crippen LogP contribution in [0.5, 0.6) is 0 Å². The number of halogens is 2. The van der Waals surface area contributed by atoms with Crippen LogP contribution in [0.2, 0.25) is 5.15 Å². The van der Waals surface area contributed by atoms with Crippen molar-refractivity contribution in [3.05, 3.63) is 10.8 Å². The Balaban J connectivity index is 0. The minimum Gasteiger partial charge on any atom is -1.00 e. The number of hydrogen-bond donors (Lipinski definition) is 4. The first-order chi connectivity index (χ1) is 6.91. The number of carbonyl (C=O) groups excluding carboxylic acids is 1. The molecule has 9 nitrogen and oxygen atoms in total. The van der Waals surface area contributed by atoms with E-state index in [2.05, 4.69) is 15.0 Å². The van der Waals surface area contributed by atoms with Crippen molar-refractivity contribution < 1.29 is 22.7 Å². The third-order valence-electron chi connectivity index (χ3n) is 1.34. The van der Waals surface area contributed by atoms with Crippen LogP contribution in [-0.2, 0) is 0 Å². The summed E-state index contributed by atoms with van der Waals surface area (Å²) in [6.07, 6.45) is 0. The highest BCUT2D eigenvalue weighted by Gasteiger charge is 2.15. The van der Waals surface area contributed by atoms with E-state index in [4.69, 9.17) is 34.5 Å². The zero-order chi connectivity index (χ0) is 11.6. The van der Waals surface area contributed by atoms with Gasteiger partial charge in [0.25, 0.3) is 0 Å². The predicted octanol–water partition coefficient (Wildman–Crippen LogP) is -5.11. The molecule has 0 unspecified atom stereocenters. The summed E-state index contributed by atoms with van der Waals surface area (Å²) in [6.45, 7) is 0. The van der Waals surface area contributed by atoms with Crippen LogP contribution in [0, 0.1) is 0 Å². The Morgan fingerprint density at radius 1 is 1.18 bits per heavy atom. The van der Waals surface area contributed by atoms with Crippen molar-refractivity contribution in [1.82, 2.24) is 9.97 Å². The van der Waals surface area contributed by atoms with E-state index in [-0.39, 0.29) is 40.4 Å². The minimum absolute atomic E-state index is 0. The topological polar surface area (TPSA) is 191 Å². The molecule has 1 aromatic heterocycles. The normalized spacial score (nSPS) is 8.53. The number of hydrogen-bond acceptors (Lipinski definition) is 5. The molecule has 0 aromatic carbocycles. The van der Waals surface area contributed by atoms with Gasteiger partial charge in [0.05, 0.1) is 0 Å². The van der Waals surface area contributed by atoms with E-state index >= 15 is 0 Å². The number of anilines is 2. The molecule has 1 rings (SSSR count). The lowest BCUT2D eigenvalue weighted by atomic mass is 10.4. The molecule has 0 fully saturated rings. The zero-order valence-electron chi connectivity index (χ0n) is 8.32. The first-order valence-electron chi connectivity index (χ1n) is 3.64. The van der Waals surface area contributed by atoms with Crippen molar-refractivity contribution in [2.24, 2.45) is 16.5 Å². The fourth-order valence-corrected chi connectivity index (χ4v) is 0.896. The molecule has 0 aliphatic carbocycles. The van der Waals surface area contributed by atoms with Crippen LogP contribution in [-0.4, -0.2) is 27.3 Å². The lowest BCUT2D eigenvalue weighted by Gasteiger charge is -2.02. The van der Waals surface area contributed by atoms with Crippen LogP contribution >= 0.6 is 11.6 Å². The van der Waals surface area contributed by atoms with Gasteiger partial charge in [0.1, 0.15) is 0 Å². The standard InChI is InChI=1S/C6H8ClN7O.ClH.H2O/c7-2-4(9)13-3(8)1(12-2)5(15)14-6(10)11;;/h(H4,8,9,13)(H4,10,11,14,15);1H;1H2/p-1. The largest absolute Gasteiger partial charge is 1.00 e. The minimum atomic E-state index is -0.832. The van der Waals surface area contributed by atoms with Crippen molar-refractivity contribution >= 4 is 35.1 Å². The Morgan fingerprint density at radius 2 is 1.71 bits per heavy atom. The van der Waals surface area contributed by atoms with Gasteiger partial charge in [-0.05, 0) is 0 Å². The Hall–Kier alpha value is -1.84. The highest BCUT2D eigenvalue weighted by molar-refractivity contribution is 6.31. The number of nitrogens with two attached hydrogens (primary N) is 4. The van der Waals surface area contributed by atoms with Gasteiger partial charge < -0.3 is 40.8 Å². The first kappa shape index (κ1) is 17.6. The fourth-order valence-electron chi connectivity index (χ4n) is 0.769. The number of nitrogens with zero attached hydrogens (tertiary/aromatic N) is 3. The van der Waals surface area contributed by atoms with Crippen molar-refractivity contribution in [2.45, 2.75) is 0 Å². The zero-order valence-corrected chi connectivity index (χ0v) is 9.83. The Labute approximate surface area is 107 Å². The third-order valence-corrected chi connectivity index (χ3v) is 1.62. The van der Waals surface area contributed by atoms with Gasteiger partial charge in [-0.3, -0.25) is 4.79 Å². The van der Waals surface area contributed by atoms with E-state index < -0.39 is 11.9 Å². The second-order valence-corrected chi connectivity index (χ2v) is 2.83. The molecule has 10 N–H and O–H groups in total. The lowest BCUT2D eigenvalue weighted by Crippen LogP contribution is -3.00. The van der Waals surface area contributed by atoms with Gasteiger partial charge >= 0.3 is 5.91 Å². The summed E-state index contributed by atoms with van der Waals surface area (Å²) < 4.78 is 0. The van der Waals surface area contributed by atoms with Crippen LogP contribution in [0.1, 0.15) is 10.5 Å². The molecule has 0 saturated heterocycles. The summed E-state index contributed by atoms with van der Waals surface area (Å²) in [5, 5.41) is -0.140. The molecule has 0 saturated carbocycles. The molecule has 17 heavy (non-hydrogen) atoms. The van der Waals surface area contributed by atoms with Crippen LogP contribution in [0.15, 0.2) is 4.99 Å². The Morgan fingerprint density at radius 3 is 2.18 bits per heavy atom. The highest BCUT2D eigenvalue weighted by atomic mass is 35.5. The van der Waals surface area contributed by atoms with Gasteiger partial charge in [0.15, 0.2) is 28.4 Å². The van der Waals surface area contributed by atoms with Gasteiger partial charge in [0.2, 0.25) is 0 Å². The summed E-state index contributed by atoms with van der Waals surface area (Å²) in [5.41, 5.74) is 20.5. The number of guanidine groups is 1. The van der Waals surface area contributed by atoms with Crippen LogP contribution < -0.4 is 35.3 Å². The molecule has 0 radical (unpaired) electrons. The van der Waals surface area contributed by atoms with Gasteiger partial charge in [-0.15, -0.1) is 0 Å². The van der Waals surface area contributed by atoms with E-state index in [0.29, 0.717) is 0 Å². The van der Waals surface area contributed by atoms with E-state index in [1.165, 1.54) is 0 Å². The van der Waals surface area contributed by atoms with E-state index in [9.17, 15) is 4.79 Å². The van der Waals surface area contributed by atoms with Crippen LogP contribution in [0.3, 0.4) is 0 Å². The molecule has 0 aliphatic heterocycles. The fraction of sp³-hybridized carbons (Fsp3) is 0. The van der Waals surface area contributed by atoms with Gasteiger partial charge in [-0.25, -0.2) is 9.97 Å². The number of amides is 1. The van der Waals surface area contributed by atoms with Crippen molar-refractivity contribution in [1.29, 1.82) is 0 Å². The van der Waals surface area contributed by atoms with Crippen LogP contribution in [0.4, 0.5) is 11.6 Å². The maximum absolute atomic E-state index is 11.3. The number of carbonyl (C=O) groups is 1. The van der Waals surface area contributed by atoms with Gasteiger partial charge in [-0.1, -0.05) is 11.6 Å². The Bertz CT molecular complexity index is 446. The summed E-state index contributed by atoms with van der Waals surface area (Å²) in [6, 6.07) is 0. The van der Waals surface area contributed by atoms with Crippen molar-refractivity contribution in [3.8, 4) is 0 Å². The molecule has 96 valence electrons. The average molecular weight is 283 g/mol. The molecule has 1 aromatic rings.